The fourth-order valence-corrected chi connectivity index (χ4v) is 3.04. The van der Waals surface area contributed by atoms with E-state index in [0.717, 1.165) is 17.0 Å². The lowest BCUT2D eigenvalue weighted by Gasteiger charge is -2.06. The summed E-state index contributed by atoms with van der Waals surface area (Å²) in [5.74, 6) is 0. The van der Waals surface area contributed by atoms with E-state index in [2.05, 4.69) is 9.97 Å². The molecular formula is C13H6ClF3N2S. The minimum absolute atomic E-state index is 0.337. The van der Waals surface area contributed by atoms with Crippen molar-refractivity contribution in [3.63, 3.8) is 0 Å². The maximum atomic E-state index is 12.5. The molecule has 102 valence electrons. The van der Waals surface area contributed by atoms with Crippen molar-refractivity contribution in [1.29, 1.82) is 0 Å². The van der Waals surface area contributed by atoms with E-state index in [0.29, 0.717) is 20.9 Å². The second-order valence-electron chi connectivity index (χ2n) is 4.07. The summed E-state index contributed by atoms with van der Waals surface area (Å²) in [5.41, 5.74) is 0.0252. The number of alkyl halides is 3. The Morgan fingerprint density at radius 1 is 1.05 bits per heavy atom. The molecule has 1 aromatic carbocycles. The molecule has 0 bridgehead atoms. The lowest BCUT2D eigenvalue weighted by atomic mass is 10.1. The van der Waals surface area contributed by atoms with E-state index in [9.17, 15) is 13.2 Å². The number of aromatic nitrogens is 2. The van der Waals surface area contributed by atoms with Gasteiger partial charge in [0.1, 0.15) is 16.3 Å². The van der Waals surface area contributed by atoms with Gasteiger partial charge < -0.3 is 0 Å². The zero-order valence-electron chi connectivity index (χ0n) is 9.78. The summed E-state index contributed by atoms with van der Waals surface area (Å²) in [6.45, 7) is 0. The Labute approximate surface area is 120 Å². The number of nitrogens with zero attached hydrogens (tertiary/aromatic N) is 2. The van der Waals surface area contributed by atoms with Gasteiger partial charge in [0.05, 0.1) is 5.56 Å². The Bertz CT molecular complexity index is 765. The molecule has 0 radical (unpaired) electrons. The van der Waals surface area contributed by atoms with Gasteiger partial charge in [0, 0.05) is 10.3 Å². The lowest BCUT2D eigenvalue weighted by molar-refractivity contribution is -0.137. The van der Waals surface area contributed by atoms with Crippen molar-refractivity contribution in [2.45, 2.75) is 6.18 Å². The molecule has 0 amide bonds. The number of rotatable bonds is 1. The average Bonchev–Trinajstić information content (AvgIpc) is 2.83. The Morgan fingerprint density at radius 3 is 2.35 bits per heavy atom. The number of hydrogen-bond acceptors (Lipinski definition) is 3. The van der Waals surface area contributed by atoms with E-state index < -0.39 is 11.7 Å². The molecule has 0 unspecified atom stereocenters. The Kier molecular flexibility index (Phi) is 3.14. The Balaban J connectivity index is 2.05. The van der Waals surface area contributed by atoms with Gasteiger partial charge in [-0.15, -0.1) is 11.3 Å². The van der Waals surface area contributed by atoms with Crippen LogP contribution in [0.3, 0.4) is 0 Å². The smallest absolute Gasteiger partial charge is 0.225 e. The van der Waals surface area contributed by atoms with Crippen LogP contribution in [0.2, 0.25) is 5.15 Å². The number of thiophene rings is 1. The van der Waals surface area contributed by atoms with Gasteiger partial charge in [-0.2, -0.15) is 13.2 Å². The first-order chi connectivity index (χ1) is 9.45. The first kappa shape index (κ1) is 13.3. The van der Waals surface area contributed by atoms with Gasteiger partial charge in [-0.3, -0.25) is 0 Å². The van der Waals surface area contributed by atoms with E-state index in [-0.39, 0.29) is 0 Å². The molecule has 0 saturated heterocycles. The van der Waals surface area contributed by atoms with Gasteiger partial charge in [-0.25, -0.2) is 9.97 Å². The fourth-order valence-electron chi connectivity index (χ4n) is 1.79. The molecule has 0 spiro atoms. The summed E-state index contributed by atoms with van der Waals surface area (Å²) in [6, 6.07) is 6.79. The zero-order valence-corrected chi connectivity index (χ0v) is 11.4. The third-order valence-corrected chi connectivity index (χ3v) is 4.17. The number of hydrogen-bond donors (Lipinski definition) is 0. The monoisotopic (exact) mass is 314 g/mol. The number of benzene rings is 1. The van der Waals surface area contributed by atoms with Crippen LogP contribution in [0.5, 0.6) is 0 Å². The van der Waals surface area contributed by atoms with Crippen LogP contribution in [0.15, 0.2) is 36.7 Å². The maximum absolute atomic E-state index is 12.5. The molecule has 7 heteroatoms. The summed E-state index contributed by atoms with van der Waals surface area (Å²) in [5, 5.41) is 1.04. The van der Waals surface area contributed by atoms with Gasteiger partial charge in [0.2, 0.25) is 0 Å². The second-order valence-corrected chi connectivity index (χ2v) is 5.46. The molecule has 0 atom stereocenters. The van der Waals surface area contributed by atoms with Crippen molar-refractivity contribution in [2.24, 2.45) is 0 Å². The highest BCUT2D eigenvalue weighted by atomic mass is 35.5. The van der Waals surface area contributed by atoms with Crippen LogP contribution < -0.4 is 0 Å². The van der Waals surface area contributed by atoms with E-state index in [1.165, 1.54) is 29.8 Å². The van der Waals surface area contributed by atoms with E-state index in [4.69, 9.17) is 11.6 Å². The van der Waals surface area contributed by atoms with Crippen LogP contribution in [0.1, 0.15) is 5.56 Å². The van der Waals surface area contributed by atoms with Crippen molar-refractivity contribution < 1.29 is 13.2 Å². The quantitative estimate of drug-likeness (QED) is 0.589. The topological polar surface area (TPSA) is 25.8 Å². The molecule has 20 heavy (non-hydrogen) atoms. The highest BCUT2D eigenvalue weighted by molar-refractivity contribution is 7.21. The third-order valence-electron chi connectivity index (χ3n) is 2.78. The van der Waals surface area contributed by atoms with Crippen molar-refractivity contribution >= 4 is 33.2 Å². The lowest BCUT2D eigenvalue weighted by Crippen LogP contribution is -2.03. The van der Waals surface area contributed by atoms with Crippen LogP contribution in [-0.4, -0.2) is 9.97 Å². The molecule has 0 aliphatic carbocycles. The van der Waals surface area contributed by atoms with Crippen LogP contribution in [0, 0.1) is 0 Å². The molecule has 0 fully saturated rings. The normalized spacial score (nSPS) is 12.0. The molecule has 0 aliphatic rings. The summed E-state index contributed by atoms with van der Waals surface area (Å²) in [4.78, 5) is 9.47. The minimum atomic E-state index is -4.33. The summed E-state index contributed by atoms with van der Waals surface area (Å²) >= 11 is 7.31. The summed E-state index contributed by atoms with van der Waals surface area (Å²) in [7, 11) is 0. The van der Waals surface area contributed by atoms with Crippen molar-refractivity contribution in [1.82, 2.24) is 9.97 Å². The van der Waals surface area contributed by atoms with Crippen molar-refractivity contribution in [3.8, 4) is 10.4 Å². The van der Waals surface area contributed by atoms with Gasteiger partial charge >= 0.3 is 6.18 Å². The largest absolute Gasteiger partial charge is 0.416 e. The third kappa shape index (κ3) is 2.36. The summed E-state index contributed by atoms with van der Waals surface area (Å²) in [6.07, 6.45) is -2.97. The summed E-state index contributed by atoms with van der Waals surface area (Å²) < 4.78 is 37.5. The molecule has 0 saturated carbocycles. The molecular weight excluding hydrogens is 309 g/mol. The molecule has 2 aromatic heterocycles. The highest BCUT2D eigenvalue weighted by Gasteiger charge is 2.30. The Morgan fingerprint density at radius 2 is 1.75 bits per heavy atom. The van der Waals surface area contributed by atoms with Crippen LogP contribution in [0.4, 0.5) is 13.2 Å². The maximum Gasteiger partial charge on any atom is 0.416 e. The number of fused-ring (bicyclic) bond motifs is 1. The standard InChI is InChI=1S/C13H6ClF3N2S/c14-11-9-5-10(20-12(9)19-6-18-11)7-1-3-8(4-2-7)13(15,16)17/h1-6H. The molecule has 0 aliphatic heterocycles. The van der Waals surface area contributed by atoms with Crippen LogP contribution >= 0.6 is 22.9 Å². The predicted molar refractivity (Wildman–Crippen MR) is 72.9 cm³/mol. The average molecular weight is 315 g/mol. The van der Waals surface area contributed by atoms with E-state index in [1.54, 1.807) is 6.07 Å². The Hall–Kier alpha value is -1.66. The first-order valence-electron chi connectivity index (χ1n) is 5.53. The number of halogens is 4. The van der Waals surface area contributed by atoms with Gasteiger partial charge in [-0.1, -0.05) is 23.7 Å². The van der Waals surface area contributed by atoms with Crippen LogP contribution in [0.25, 0.3) is 20.7 Å². The molecule has 2 heterocycles. The van der Waals surface area contributed by atoms with Gasteiger partial charge in [-0.05, 0) is 23.8 Å². The van der Waals surface area contributed by atoms with Crippen molar-refractivity contribution in [3.05, 3.63) is 47.4 Å². The second kappa shape index (κ2) is 4.71. The molecule has 3 aromatic rings. The highest BCUT2D eigenvalue weighted by Crippen LogP contribution is 2.36. The van der Waals surface area contributed by atoms with Gasteiger partial charge in [0.15, 0.2) is 0 Å². The van der Waals surface area contributed by atoms with E-state index >= 15 is 0 Å². The first-order valence-corrected chi connectivity index (χ1v) is 6.72. The van der Waals surface area contributed by atoms with Crippen molar-refractivity contribution in [2.75, 3.05) is 0 Å². The van der Waals surface area contributed by atoms with E-state index in [1.807, 2.05) is 0 Å². The predicted octanol–water partition coefficient (Wildman–Crippen LogP) is 5.03. The molecule has 0 N–H and O–H groups in total. The fraction of sp³-hybridized carbons (Fsp3) is 0.0769. The molecule has 2 nitrogen and oxygen atoms in total. The SMILES string of the molecule is FC(F)(F)c1ccc(-c2cc3c(Cl)ncnc3s2)cc1. The molecule has 3 rings (SSSR count). The van der Waals surface area contributed by atoms with Crippen LogP contribution in [-0.2, 0) is 6.18 Å². The zero-order chi connectivity index (χ0) is 14.3. The minimum Gasteiger partial charge on any atom is -0.225 e. The van der Waals surface area contributed by atoms with Gasteiger partial charge in [0.25, 0.3) is 0 Å².